The van der Waals surface area contributed by atoms with E-state index in [4.69, 9.17) is 4.98 Å². The molecule has 6 unspecified atom stereocenters. The van der Waals surface area contributed by atoms with E-state index in [1.54, 1.807) is 5.57 Å². The highest BCUT2D eigenvalue weighted by Gasteiger charge is 2.57. The zero-order valence-corrected chi connectivity index (χ0v) is 20.7. The van der Waals surface area contributed by atoms with Crippen LogP contribution in [0.4, 0.5) is 0 Å². The van der Waals surface area contributed by atoms with Crippen LogP contribution in [0.15, 0.2) is 72.9 Å². The van der Waals surface area contributed by atoms with Gasteiger partial charge in [0, 0.05) is 29.6 Å². The Morgan fingerprint density at radius 2 is 1.74 bits per heavy atom. The van der Waals surface area contributed by atoms with Gasteiger partial charge in [-0.25, -0.2) is 4.98 Å². The fraction of sp³-hybridized carbons (Fsp3) is 0.516. The van der Waals surface area contributed by atoms with Crippen molar-refractivity contribution in [1.29, 1.82) is 0 Å². The van der Waals surface area contributed by atoms with Gasteiger partial charge in [-0.1, -0.05) is 55.9 Å². The monoisotopic (exact) mass is 451 g/mol. The summed E-state index contributed by atoms with van der Waals surface area (Å²) in [6.45, 7) is 5.19. The van der Waals surface area contributed by atoms with Gasteiger partial charge in [0.05, 0.1) is 11.0 Å². The van der Waals surface area contributed by atoms with Crippen molar-refractivity contribution in [2.24, 2.45) is 28.6 Å². The summed E-state index contributed by atoms with van der Waals surface area (Å²) < 4.78 is 2.41. The number of nitrogens with zero attached hydrogens (tertiary/aromatic N) is 3. The lowest BCUT2D eigenvalue weighted by molar-refractivity contribution is -0.0163. The van der Waals surface area contributed by atoms with Gasteiger partial charge in [0.15, 0.2) is 0 Å². The molecule has 3 nitrogen and oxygen atoms in total. The molecule has 7 rings (SSSR count). The molecule has 2 fully saturated rings. The molecule has 4 aliphatic carbocycles. The third-order valence-corrected chi connectivity index (χ3v) is 10.6. The third kappa shape index (κ3) is 2.85. The summed E-state index contributed by atoms with van der Waals surface area (Å²) in [5.41, 5.74) is 6.30. The van der Waals surface area contributed by atoms with Crippen molar-refractivity contribution in [2.45, 2.75) is 71.3 Å². The summed E-state index contributed by atoms with van der Waals surface area (Å²) in [4.78, 5) is 7.21. The number of hydrogen-bond acceptors (Lipinski definition) is 2. The lowest BCUT2D eigenvalue weighted by atomic mass is 9.47. The van der Waals surface area contributed by atoms with Crippen LogP contribution >= 0.6 is 0 Å². The molecule has 5 aliphatic rings. The van der Waals surface area contributed by atoms with Crippen molar-refractivity contribution in [3.8, 4) is 0 Å². The van der Waals surface area contributed by atoms with Crippen molar-refractivity contribution >= 4 is 16.7 Å². The van der Waals surface area contributed by atoms with Crippen LogP contribution in [-0.2, 0) is 0 Å². The summed E-state index contributed by atoms with van der Waals surface area (Å²) in [5, 5.41) is 0. The van der Waals surface area contributed by atoms with Crippen molar-refractivity contribution in [2.75, 3.05) is 0 Å². The van der Waals surface area contributed by atoms with Crippen LogP contribution in [0.1, 0.15) is 65.2 Å². The molecule has 176 valence electrons. The van der Waals surface area contributed by atoms with Gasteiger partial charge in [-0.3, -0.25) is 0 Å². The predicted molar refractivity (Wildman–Crippen MR) is 140 cm³/mol. The van der Waals surface area contributed by atoms with Crippen LogP contribution in [0, 0.1) is 28.6 Å². The second-order valence-electron chi connectivity index (χ2n) is 12.0. The normalized spacial score (nSPS) is 38.8. The zero-order valence-electron chi connectivity index (χ0n) is 20.7. The fourth-order valence-electron chi connectivity index (χ4n) is 8.70. The van der Waals surface area contributed by atoms with Gasteiger partial charge in [0.25, 0.3) is 0 Å². The molecular formula is C31H37N3. The molecule has 1 aromatic heterocycles. The minimum absolute atomic E-state index is 0.257. The molecule has 3 heteroatoms. The summed E-state index contributed by atoms with van der Waals surface area (Å²) in [5.74, 6) is 2.40. The van der Waals surface area contributed by atoms with Crippen molar-refractivity contribution in [3.05, 3.63) is 72.9 Å². The van der Waals surface area contributed by atoms with E-state index in [0.717, 1.165) is 29.7 Å². The first-order chi connectivity index (χ1) is 16.6. The average molecular weight is 452 g/mol. The summed E-state index contributed by atoms with van der Waals surface area (Å²) in [7, 11) is 0. The van der Waals surface area contributed by atoms with E-state index in [-0.39, 0.29) is 5.41 Å². The lowest BCUT2D eigenvalue weighted by Crippen LogP contribution is -2.51. The molecule has 0 bridgehead atoms. The van der Waals surface area contributed by atoms with E-state index in [0.29, 0.717) is 11.5 Å². The van der Waals surface area contributed by atoms with Gasteiger partial charge in [0.1, 0.15) is 6.33 Å². The number of benzene rings is 1. The molecule has 1 aromatic carbocycles. The molecule has 0 saturated heterocycles. The molecule has 34 heavy (non-hydrogen) atoms. The predicted octanol–water partition coefficient (Wildman–Crippen LogP) is 7.55. The molecule has 2 aromatic rings. The average Bonchev–Trinajstić information content (AvgIpc) is 3.44. The maximum Gasteiger partial charge on any atom is 0.100 e. The molecule has 2 heterocycles. The summed E-state index contributed by atoms with van der Waals surface area (Å²) >= 11 is 0. The number of imidazole rings is 1. The Hall–Kier alpha value is -2.55. The van der Waals surface area contributed by atoms with Crippen molar-refractivity contribution < 1.29 is 0 Å². The molecule has 2 saturated carbocycles. The Morgan fingerprint density at radius 1 is 0.912 bits per heavy atom. The molecule has 6 atom stereocenters. The topological polar surface area (TPSA) is 21.1 Å². The van der Waals surface area contributed by atoms with Crippen LogP contribution in [0.5, 0.6) is 0 Å². The Bertz CT molecular complexity index is 1230. The molecular weight excluding hydrogens is 414 g/mol. The molecule has 0 radical (unpaired) electrons. The van der Waals surface area contributed by atoms with Crippen molar-refractivity contribution in [3.63, 3.8) is 0 Å². The van der Waals surface area contributed by atoms with E-state index in [1.807, 2.05) is 0 Å². The number of rotatable bonds is 2. The van der Waals surface area contributed by atoms with E-state index in [1.165, 1.54) is 56.2 Å². The minimum atomic E-state index is 0.257. The number of fused-ring (bicyclic) bond motifs is 6. The van der Waals surface area contributed by atoms with Gasteiger partial charge >= 0.3 is 0 Å². The summed E-state index contributed by atoms with van der Waals surface area (Å²) in [6.07, 6.45) is 26.7. The van der Waals surface area contributed by atoms with E-state index in [2.05, 4.69) is 90.6 Å². The zero-order chi connectivity index (χ0) is 22.9. The maximum absolute atomic E-state index is 4.72. The second kappa shape index (κ2) is 7.47. The molecule has 0 spiro atoms. The Balaban J connectivity index is 1.17. The Kier molecular flexibility index (Phi) is 4.57. The largest absolute Gasteiger partial charge is 0.352 e. The van der Waals surface area contributed by atoms with Crippen LogP contribution in [0.25, 0.3) is 16.7 Å². The van der Waals surface area contributed by atoms with Crippen LogP contribution in [0.3, 0.4) is 0 Å². The van der Waals surface area contributed by atoms with Crippen LogP contribution < -0.4 is 0 Å². The Morgan fingerprint density at radius 3 is 2.62 bits per heavy atom. The first-order valence-corrected chi connectivity index (χ1v) is 13.5. The first kappa shape index (κ1) is 20.8. The highest BCUT2D eigenvalue weighted by Crippen LogP contribution is 2.66. The molecule has 0 amide bonds. The highest BCUT2D eigenvalue weighted by atomic mass is 15.1. The van der Waals surface area contributed by atoms with Gasteiger partial charge in [-0.2, -0.15) is 0 Å². The van der Waals surface area contributed by atoms with E-state index >= 15 is 0 Å². The number of aromatic nitrogens is 2. The van der Waals surface area contributed by atoms with Crippen LogP contribution in [0.2, 0.25) is 0 Å². The van der Waals surface area contributed by atoms with Crippen LogP contribution in [-0.4, -0.2) is 20.5 Å². The highest BCUT2D eigenvalue weighted by molar-refractivity contribution is 5.80. The van der Waals surface area contributed by atoms with Gasteiger partial charge < -0.3 is 9.47 Å². The standard InChI is InChI=1S/C31H37N3/c1-30-16-14-23(33-18-6-3-7-19-33)20-22(30)10-11-24-25-12-13-29(31(25,2)17-15-26(24)30)34-21-32-27-8-4-5-9-28(27)34/h4-10,13,18-19,21,23-26H,3,11-12,14-17,20H2,1-2H3. The van der Waals surface area contributed by atoms with E-state index in [9.17, 15) is 0 Å². The third-order valence-electron chi connectivity index (χ3n) is 10.6. The van der Waals surface area contributed by atoms with Gasteiger partial charge in [-0.15, -0.1) is 0 Å². The smallest absolute Gasteiger partial charge is 0.100 e. The van der Waals surface area contributed by atoms with Crippen molar-refractivity contribution in [1.82, 2.24) is 14.5 Å². The van der Waals surface area contributed by atoms with Gasteiger partial charge in [-0.05, 0) is 86.7 Å². The molecule has 0 N–H and O–H groups in total. The maximum atomic E-state index is 4.72. The Labute approximate surface area is 203 Å². The SMILES string of the molecule is CC12CCC(N3C=CCC=C3)CC1=CCC1C2CCC2(C)C(n3cnc4ccccc43)=CCC12. The summed E-state index contributed by atoms with van der Waals surface area (Å²) in [6, 6.07) is 9.25. The first-order valence-electron chi connectivity index (χ1n) is 13.5. The number of para-hydroxylation sites is 2. The van der Waals surface area contributed by atoms with E-state index < -0.39 is 0 Å². The quantitative estimate of drug-likeness (QED) is 0.440. The fourth-order valence-corrected chi connectivity index (χ4v) is 8.70. The number of hydrogen-bond donors (Lipinski definition) is 0. The minimum Gasteiger partial charge on any atom is -0.352 e. The molecule has 1 aliphatic heterocycles. The number of allylic oxidation sites excluding steroid dienone is 5. The second-order valence-corrected chi connectivity index (χ2v) is 12.0. The van der Waals surface area contributed by atoms with Gasteiger partial charge in [0.2, 0.25) is 0 Å². The lowest BCUT2D eigenvalue weighted by Gasteiger charge is -2.58.